The van der Waals surface area contributed by atoms with Gasteiger partial charge in [-0.3, -0.25) is 24.6 Å². The Kier molecular flexibility index (Phi) is 6.05. The lowest BCUT2D eigenvalue weighted by molar-refractivity contribution is 0.0641. The number of thiophene rings is 1. The lowest BCUT2D eigenvalue weighted by atomic mass is 10.1. The zero-order valence-corrected chi connectivity index (χ0v) is 19.5. The van der Waals surface area contributed by atoms with Crippen molar-refractivity contribution in [3.8, 4) is 10.4 Å². The molecule has 0 bridgehead atoms. The summed E-state index contributed by atoms with van der Waals surface area (Å²) in [4.78, 5) is 51.5. The molecule has 0 radical (unpaired) electrons. The number of rotatable bonds is 6. The number of imide groups is 1. The molecular formula is C27H19N3O5S. The third kappa shape index (κ3) is 4.47. The summed E-state index contributed by atoms with van der Waals surface area (Å²) >= 11 is 1.53. The molecule has 0 saturated carbocycles. The van der Waals surface area contributed by atoms with Crippen LogP contribution in [0.1, 0.15) is 36.6 Å². The third-order valence-electron chi connectivity index (χ3n) is 5.75. The number of carbonyl (C=O) groups is 4. The quantitative estimate of drug-likeness (QED) is 0.302. The van der Waals surface area contributed by atoms with Crippen LogP contribution in [0.2, 0.25) is 0 Å². The molecule has 4 aromatic rings. The van der Waals surface area contributed by atoms with Crippen molar-refractivity contribution in [3.05, 3.63) is 106 Å². The molecule has 1 aliphatic rings. The van der Waals surface area contributed by atoms with Gasteiger partial charge in [0, 0.05) is 10.4 Å². The molecule has 9 heteroatoms. The Morgan fingerprint density at radius 1 is 0.806 bits per heavy atom. The van der Waals surface area contributed by atoms with Crippen LogP contribution in [0.5, 0.6) is 0 Å². The first-order chi connectivity index (χ1) is 17.4. The molecule has 0 aliphatic carbocycles. The standard InChI is InChI=1S/C27H19N3O5S/c31-24(28-22-14-18(23-6-3-13-36-23)11-12-21(22)29-27(34)35)17-9-7-16(8-10-17)15-30-25(32)19-4-1-2-5-20(19)26(30)33/h1-14,29H,15H2,(H,28,31)(H,34,35). The zero-order valence-electron chi connectivity index (χ0n) is 18.7. The molecule has 0 spiro atoms. The molecule has 0 unspecified atom stereocenters. The maximum Gasteiger partial charge on any atom is 0.409 e. The number of carbonyl (C=O) groups excluding carboxylic acids is 3. The monoisotopic (exact) mass is 497 g/mol. The Morgan fingerprint density at radius 3 is 2.11 bits per heavy atom. The van der Waals surface area contributed by atoms with Gasteiger partial charge in [0.2, 0.25) is 0 Å². The van der Waals surface area contributed by atoms with Gasteiger partial charge in [-0.15, -0.1) is 11.3 Å². The fraction of sp³-hybridized carbons (Fsp3) is 0.0370. The van der Waals surface area contributed by atoms with Gasteiger partial charge in [-0.2, -0.15) is 0 Å². The number of nitrogens with one attached hydrogen (secondary N) is 2. The smallest absolute Gasteiger partial charge is 0.409 e. The highest BCUT2D eigenvalue weighted by Gasteiger charge is 2.34. The average Bonchev–Trinajstić information content (AvgIpc) is 3.49. The van der Waals surface area contributed by atoms with E-state index in [0.29, 0.717) is 27.9 Å². The molecule has 0 atom stereocenters. The van der Waals surface area contributed by atoms with Crippen molar-refractivity contribution in [1.82, 2.24) is 4.90 Å². The number of hydrogen-bond acceptors (Lipinski definition) is 5. The molecule has 0 saturated heterocycles. The molecular weight excluding hydrogens is 478 g/mol. The topological polar surface area (TPSA) is 116 Å². The van der Waals surface area contributed by atoms with Gasteiger partial charge in [0.1, 0.15) is 0 Å². The van der Waals surface area contributed by atoms with Crippen LogP contribution >= 0.6 is 11.3 Å². The first-order valence-corrected chi connectivity index (χ1v) is 11.8. The minimum Gasteiger partial charge on any atom is -0.465 e. The van der Waals surface area contributed by atoms with Gasteiger partial charge >= 0.3 is 6.09 Å². The fourth-order valence-corrected chi connectivity index (χ4v) is 4.71. The Labute approximate surface area is 209 Å². The van der Waals surface area contributed by atoms with Gasteiger partial charge < -0.3 is 10.4 Å². The number of amides is 4. The summed E-state index contributed by atoms with van der Waals surface area (Å²) < 4.78 is 0. The van der Waals surface area contributed by atoms with Crippen molar-refractivity contribution in [2.24, 2.45) is 0 Å². The maximum atomic E-state index is 13.0. The molecule has 178 valence electrons. The summed E-state index contributed by atoms with van der Waals surface area (Å²) in [5.41, 5.74) is 3.20. The molecule has 3 aromatic carbocycles. The number of anilines is 2. The van der Waals surface area contributed by atoms with Crippen LogP contribution in [0.3, 0.4) is 0 Å². The molecule has 1 aromatic heterocycles. The van der Waals surface area contributed by atoms with E-state index in [0.717, 1.165) is 10.4 Å². The number of nitrogens with zero attached hydrogens (tertiary/aromatic N) is 1. The average molecular weight is 498 g/mol. The van der Waals surface area contributed by atoms with Gasteiger partial charge in [0.15, 0.2) is 0 Å². The second-order valence-corrected chi connectivity index (χ2v) is 9.01. The Bertz CT molecular complexity index is 1460. The SMILES string of the molecule is O=C(O)Nc1ccc(-c2cccs2)cc1NC(=O)c1ccc(CN2C(=O)c3ccccc3C2=O)cc1. The van der Waals surface area contributed by atoms with E-state index >= 15 is 0 Å². The first kappa shape index (κ1) is 23.0. The van der Waals surface area contributed by atoms with Crippen molar-refractivity contribution in [2.45, 2.75) is 6.54 Å². The number of benzene rings is 3. The lowest BCUT2D eigenvalue weighted by Crippen LogP contribution is -2.29. The minimum atomic E-state index is -1.24. The van der Waals surface area contributed by atoms with Crippen LogP contribution in [0.15, 0.2) is 84.2 Å². The maximum absolute atomic E-state index is 13.0. The molecule has 3 N–H and O–H groups in total. The van der Waals surface area contributed by atoms with Crippen LogP contribution < -0.4 is 10.6 Å². The molecule has 0 fully saturated rings. The van der Waals surface area contributed by atoms with E-state index in [9.17, 15) is 19.2 Å². The highest BCUT2D eigenvalue weighted by molar-refractivity contribution is 7.13. The fourth-order valence-electron chi connectivity index (χ4n) is 3.99. The van der Waals surface area contributed by atoms with Crippen molar-refractivity contribution in [2.75, 3.05) is 10.6 Å². The van der Waals surface area contributed by atoms with Crippen LogP contribution in [-0.2, 0) is 6.54 Å². The molecule has 4 amide bonds. The Balaban J connectivity index is 1.33. The van der Waals surface area contributed by atoms with Crippen LogP contribution in [0, 0.1) is 0 Å². The van der Waals surface area contributed by atoms with E-state index < -0.39 is 12.0 Å². The van der Waals surface area contributed by atoms with Crippen molar-refractivity contribution in [3.63, 3.8) is 0 Å². The van der Waals surface area contributed by atoms with Crippen molar-refractivity contribution < 1.29 is 24.3 Å². The molecule has 2 heterocycles. The summed E-state index contributed by atoms with van der Waals surface area (Å²) in [6.45, 7) is 0.0871. The summed E-state index contributed by atoms with van der Waals surface area (Å²) in [5.74, 6) is -1.12. The van der Waals surface area contributed by atoms with Crippen molar-refractivity contribution >= 4 is 46.5 Å². The van der Waals surface area contributed by atoms with Crippen LogP contribution in [0.4, 0.5) is 16.2 Å². The minimum absolute atomic E-state index is 0.0871. The van der Waals surface area contributed by atoms with E-state index in [4.69, 9.17) is 5.11 Å². The largest absolute Gasteiger partial charge is 0.465 e. The number of fused-ring (bicyclic) bond motifs is 1. The molecule has 36 heavy (non-hydrogen) atoms. The van der Waals surface area contributed by atoms with Gasteiger partial charge in [0.25, 0.3) is 17.7 Å². The second kappa shape index (κ2) is 9.47. The normalized spacial score (nSPS) is 12.4. The Morgan fingerprint density at radius 2 is 1.50 bits per heavy atom. The number of carboxylic acid groups (broad SMARTS) is 1. The highest BCUT2D eigenvalue weighted by Crippen LogP contribution is 2.32. The Hall–Kier alpha value is -4.76. The predicted molar refractivity (Wildman–Crippen MR) is 136 cm³/mol. The van der Waals surface area contributed by atoms with Crippen molar-refractivity contribution in [1.29, 1.82) is 0 Å². The van der Waals surface area contributed by atoms with Gasteiger partial charge in [-0.05, 0) is 59.0 Å². The zero-order chi connectivity index (χ0) is 25.2. The van der Waals surface area contributed by atoms with E-state index in [2.05, 4.69) is 10.6 Å². The molecule has 8 nitrogen and oxygen atoms in total. The first-order valence-electron chi connectivity index (χ1n) is 10.9. The van der Waals surface area contributed by atoms with Gasteiger partial charge in [-0.25, -0.2) is 4.79 Å². The van der Waals surface area contributed by atoms with Gasteiger partial charge in [0.05, 0.1) is 29.0 Å². The van der Waals surface area contributed by atoms with E-state index in [-0.39, 0.29) is 24.0 Å². The summed E-state index contributed by atoms with van der Waals surface area (Å²) in [5, 5.41) is 16.2. The predicted octanol–water partition coefficient (Wildman–Crippen LogP) is 5.55. The van der Waals surface area contributed by atoms with E-state index in [1.54, 1.807) is 66.7 Å². The summed E-state index contributed by atoms with van der Waals surface area (Å²) in [6, 6.07) is 22.2. The second-order valence-electron chi connectivity index (χ2n) is 8.06. The van der Waals surface area contributed by atoms with Gasteiger partial charge in [-0.1, -0.05) is 36.4 Å². The van der Waals surface area contributed by atoms with E-state index in [1.165, 1.54) is 16.2 Å². The highest BCUT2D eigenvalue weighted by atomic mass is 32.1. The van der Waals surface area contributed by atoms with E-state index in [1.807, 2.05) is 17.5 Å². The summed E-state index contributed by atoms with van der Waals surface area (Å²) in [7, 11) is 0. The number of hydrogen-bond donors (Lipinski definition) is 3. The third-order valence-corrected chi connectivity index (χ3v) is 6.67. The molecule has 1 aliphatic heterocycles. The molecule has 5 rings (SSSR count). The summed E-state index contributed by atoms with van der Waals surface area (Å²) in [6.07, 6.45) is -1.24. The van der Waals surface area contributed by atoms with Crippen LogP contribution in [0.25, 0.3) is 10.4 Å². The lowest BCUT2D eigenvalue weighted by Gasteiger charge is -2.15. The van der Waals surface area contributed by atoms with Crippen LogP contribution in [-0.4, -0.2) is 33.8 Å².